The lowest BCUT2D eigenvalue weighted by Crippen LogP contribution is -2.47. The Kier molecular flexibility index (Phi) is 2.20. The molecule has 1 heterocycles. The zero-order chi connectivity index (χ0) is 8.44. The van der Waals surface area contributed by atoms with E-state index in [4.69, 9.17) is 0 Å². The predicted octanol–water partition coefficient (Wildman–Crippen LogP) is 1.21. The molecule has 2 rings (SSSR count). The van der Waals surface area contributed by atoms with Crippen LogP contribution in [0.5, 0.6) is 0 Å². The van der Waals surface area contributed by atoms with E-state index in [9.17, 15) is 5.11 Å². The van der Waals surface area contributed by atoms with Crippen molar-refractivity contribution in [3.05, 3.63) is 12.2 Å². The van der Waals surface area contributed by atoms with Gasteiger partial charge in [-0.2, -0.15) is 0 Å². The van der Waals surface area contributed by atoms with Crippen LogP contribution in [0.3, 0.4) is 0 Å². The van der Waals surface area contributed by atoms with Crippen LogP contribution < -0.4 is 5.32 Å². The SMILES string of the molecule is OC1(C2CCCN2)C=CCCC1. The van der Waals surface area contributed by atoms with Gasteiger partial charge in [-0.25, -0.2) is 0 Å². The molecule has 0 aromatic heterocycles. The van der Waals surface area contributed by atoms with E-state index in [0.29, 0.717) is 6.04 Å². The Bertz CT molecular complexity index is 184. The van der Waals surface area contributed by atoms with Gasteiger partial charge in [0.1, 0.15) is 0 Å². The third-order valence-electron chi connectivity index (χ3n) is 3.02. The van der Waals surface area contributed by atoms with Crippen molar-refractivity contribution in [2.24, 2.45) is 0 Å². The highest BCUT2D eigenvalue weighted by molar-refractivity contribution is 5.11. The van der Waals surface area contributed by atoms with Gasteiger partial charge >= 0.3 is 0 Å². The van der Waals surface area contributed by atoms with Crippen molar-refractivity contribution in [1.82, 2.24) is 5.32 Å². The van der Waals surface area contributed by atoms with Gasteiger partial charge in [0.05, 0.1) is 5.60 Å². The molecule has 0 bridgehead atoms. The number of nitrogens with one attached hydrogen (secondary N) is 1. The molecule has 2 atom stereocenters. The van der Waals surface area contributed by atoms with E-state index < -0.39 is 5.60 Å². The second-order valence-electron chi connectivity index (χ2n) is 3.93. The van der Waals surface area contributed by atoms with Gasteiger partial charge in [0, 0.05) is 6.04 Å². The molecule has 0 saturated carbocycles. The maximum Gasteiger partial charge on any atom is 0.0980 e. The summed E-state index contributed by atoms with van der Waals surface area (Å²) in [5.74, 6) is 0. The lowest BCUT2D eigenvalue weighted by molar-refractivity contribution is 0.0407. The molecule has 0 aromatic rings. The molecule has 12 heavy (non-hydrogen) atoms. The summed E-state index contributed by atoms with van der Waals surface area (Å²) in [6.45, 7) is 1.07. The summed E-state index contributed by atoms with van der Waals surface area (Å²) in [7, 11) is 0. The molecule has 0 spiro atoms. The van der Waals surface area contributed by atoms with Crippen molar-refractivity contribution in [3.8, 4) is 0 Å². The Morgan fingerprint density at radius 3 is 2.92 bits per heavy atom. The lowest BCUT2D eigenvalue weighted by Gasteiger charge is -2.33. The molecule has 0 radical (unpaired) electrons. The van der Waals surface area contributed by atoms with Gasteiger partial charge < -0.3 is 10.4 Å². The van der Waals surface area contributed by atoms with Crippen LogP contribution >= 0.6 is 0 Å². The van der Waals surface area contributed by atoms with E-state index in [0.717, 1.165) is 32.2 Å². The minimum absolute atomic E-state index is 0.314. The molecule has 0 aromatic carbocycles. The molecule has 2 heteroatoms. The minimum atomic E-state index is -0.533. The second-order valence-corrected chi connectivity index (χ2v) is 3.93. The lowest BCUT2D eigenvalue weighted by atomic mass is 9.84. The molecule has 0 amide bonds. The Balaban J connectivity index is 2.07. The van der Waals surface area contributed by atoms with Gasteiger partial charge in [0.2, 0.25) is 0 Å². The van der Waals surface area contributed by atoms with E-state index in [2.05, 4.69) is 11.4 Å². The smallest absolute Gasteiger partial charge is 0.0980 e. The molecule has 1 aliphatic heterocycles. The van der Waals surface area contributed by atoms with Gasteiger partial charge in [-0.15, -0.1) is 0 Å². The fourth-order valence-electron chi connectivity index (χ4n) is 2.28. The Labute approximate surface area is 73.7 Å². The first-order valence-electron chi connectivity index (χ1n) is 4.95. The van der Waals surface area contributed by atoms with Crippen molar-refractivity contribution in [1.29, 1.82) is 0 Å². The first-order valence-corrected chi connectivity index (χ1v) is 4.95. The average Bonchev–Trinajstić information content (AvgIpc) is 2.58. The summed E-state index contributed by atoms with van der Waals surface area (Å²) in [4.78, 5) is 0. The number of aliphatic hydroxyl groups is 1. The fraction of sp³-hybridized carbons (Fsp3) is 0.800. The van der Waals surface area contributed by atoms with Crippen LogP contribution in [0, 0.1) is 0 Å². The fourth-order valence-corrected chi connectivity index (χ4v) is 2.28. The van der Waals surface area contributed by atoms with Crippen LogP contribution in [0.4, 0.5) is 0 Å². The van der Waals surface area contributed by atoms with Crippen LogP contribution in [0.15, 0.2) is 12.2 Å². The van der Waals surface area contributed by atoms with Crippen molar-refractivity contribution < 1.29 is 5.11 Å². The van der Waals surface area contributed by atoms with Crippen LogP contribution in [0.2, 0.25) is 0 Å². The number of hydrogen-bond acceptors (Lipinski definition) is 2. The number of hydrogen-bond donors (Lipinski definition) is 2. The van der Waals surface area contributed by atoms with Gasteiger partial charge in [-0.05, 0) is 38.6 Å². The highest BCUT2D eigenvalue weighted by atomic mass is 16.3. The molecular weight excluding hydrogens is 150 g/mol. The quantitative estimate of drug-likeness (QED) is 0.575. The van der Waals surface area contributed by atoms with Crippen LogP contribution in [0.25, 0.3) is 0 Å². The van der Waals surface area contributed by atoms with Crippen molar-refractivity contribution in [2.75, 3.05) is 6.54 Å². The Morgan fingerprint density at radius 2 is 2.33 bits per heavy atom. The highest BCUT2D eigenvalue weighted by Gasteiger charge is 2.36. The van der Waals surface area contributed by atoms with Gasteiger partial charge in [0.25, 0.3) is 0 Å². The predicted molar refractivity (Wildman–Crippen MR) is 49.0 cm³/mol. The van der Waals surface area contributed by atoms with Crippen molar-refractivity contribution in [2.45, 2.75) is 43.7 Å². The maximum atomic E-state index is 10.2. The summed E-state index contributed by atoms with van der Waals surface area (Å²) < 4.78 is 0. The van der Waals surface area contributed by atoms with E-state index >= 15 is 0 Å². The molecule has 1 saturated heterocycles. The largest absolute Gasteiger partial charge is 0.384 e. The normalized spacial score (nSPS) is 41.9. The molecule has 2 unspecified atom stereocenters. The molecule has 1 aliphatic carbocycles. The maximum absolute atomic E-state index is 10.2. The van der Waals surface area contributed by atoms with Gasteiger partial charge in [0.15, 0.2) is 0 Å². The van der Waals surface area contributed by atoms with E-state index in [1.807, 2.05) is 6.08 Å². The first-order chi connectivity index (χ1) is 5.81. The summed E-state index contributed by atoms with van der Waals surface area (Å²) in [6, 6.07) is 0.314. The molecular formula is C10H17NO. The van der Waals surface area contributed by atoms with E-state index in [1.54, 1.807) is 0 Å². The second kappa shape index (κ2) is 3.19. The molecule has 1 fully saturated rings. The molecule has 68 valence electrons. The standard InChI is InChI=1S/C10H17NO/c12-10(6-2-1-3-7-10)9-5-4-8-11-9/h2,6,9,11-12H,1,3-5,7-8H2. The zero-order valence-corrected chi connectivity index (χ0v) is 7.42. The summed E-state index contributed by atoms with van der Waals surface area (Å²) in [5, 5.41) is 13.6. The van der Waals surface area contributed by atoms with E-state index in [1.165, 1.54) is 6.42 Å². The summed E-state index contributed by atoms with van der Waals surface area (Å²) >= 11 is 0. The van der Waals surface area contributed by atoms with Crippen molar-refractivity contribution >= 4 is 0 Å². The van der Waals surface area contributed by atoms with Crippen LogP contribution in [0.1, 0.15) is 32.1 Å². The number of allylic oxidation sites excluding steroid dienone is 1. The zero-order valence-electron chi connectivity index (χ0n) is 7.42. The summed E-state index contributed by atoms with van der Waals surface area (Å²) in [5.41, 5.74) is -0.533. The molecule has 2 N–H and O–H groups in total. The average molecular weight is 167 g/mol. The highest BCUT2D eigenvalue weighted by Crippen LogP contribution is 2.29. The molecule has 2 aliphatic rings. The summed E-state index contributed by atoms with van der Waals surface area (Å²) in [6.07, 6.45) is 9.64. The van der Waals surface area contributed by atoms with Gasteiger partial charge in [-0.1, -0.05) is 12.2 Å². The monoisotopic (exact) mass is 167 g/mol. The number of rotatable bonds is 1. The third kappa shape index (κ3) is 1.41. The molecule has 2 nitrogen and oxygen atoms in total. The van der Waals surface area contributed by atoms with Crippen LogP contribution in [-0.2, 0) is 0 Å². The Hall–Kier alpha value is -0.340. The minimum Gasteiger partial charge on any atom is -0.384 e. The van der Waals surface area contributed by atoms with Crippen LogP contribution in [-0.4, -0.2) is 23.3 Å². The Morgan fingerprint density at radius 1 is 1.42 bits per heavy atom. The first kappa shape index (κ1) is 8.27. The topological polar surface area (TPSA) is 32.3 Å². The van der Waals surface area contributed by atoms with E-state index in [-0.39, 0.29) is 0 Å². The third-order valence-corrected chi connectivity index (χ3v) is 3.02. The van der Waals surface area contributed by atoms with Crippen molar-refractivity contribution in [3.63, 3.8) is 0 Å². The van der Waals surface area contributed by atoms with Gasteiger partial charge in [-0.3, -0.25) is 0 Å².